The summed E-state index contributed by atoms with van der Waals surface area (Å²) in [6.07, 6.45) is 1.17. The zero-order valence-electron chi connectivity index (χ0n) is 11.9. The fourth-order valence-corrected chi connectivity index (χ4v) is 2.86. The number of hydrogen-bond donors (Lipinski definition) is 2. The maximum Gasteiger partial charge on any atom is 0.418 e. The SMILES string of the molecule is COC(=O)n1ccc2c(C)c3c(C)c(C(=O)O)[nH]c3cc21. The Morgan fingerprint density at radius 1 is 1.29 bits per heavy atom. The first-order chi connectivity index (χ1) is 9.95. The molecule has 1 aromatic carbocycles. The first-order valence-corrected chi connectivity index (χ1v) is 6.40. The number of carboxylic acid groups (broad SMARTS) is 1. The molecule has 2 aromatic heterocycles. The van der Waals surface area contributed by atoms with Crippen LogP contribution in [0, 0.1) is 13.8 Å². The van der Waals surface area contributed by atoms with E-state index in [0.717, 1.165) is 16.3 Å². The van der Waals surface area contributed by atoms with Gasteiger partial charge in [-0.1, -0.05) is 0 Å². The van der Waals surface area contributed by atoms with Gasteiger partial charge in [0.15, 0.2) is 0 Å². The topological polar surface area (TPSA) is 84.3 Å². The number of H-pyrrole nitrogens is 1. The van der Waals surface area contributed by atoms with Crippen molar-refractivity contribution in [2.75, 3.05) is 7.11 Å². The van der Waals surface area contributed by atoms with Crippen LogP contribution in [0.3, 0.4) is 0 Å². The van der Waals surface area contributed by atoms with Crippen molar-refractivity contribution in [2.45, 2.75) is 13.8 Å². The van der Waals surface area contributed by atoms with Crippen LogP contribution >= 0.6 is 0 Å². The van der Waals surface area contributed by atoms with E-state index in [1.807, 2.05) is 13.0 Å². The molecule has 3 aromatic rings. The van der Waals surface area contributed by atoms with Crippen LogP contribution in [-0.4, -0.2) is 33.8 Å². The van der Waals surface area contributed by atoms with Crippen LogP contribution in [0.25, 0.3) is 21.8 Å². The molecule has 2 heterocycles. The van der Waals surface area contributed by atoms with Crippen LogP contribution < -0.4 is 0 Å². The molecule has 21 heavy (non-hydrogen) atoms. The number of aromatic nitrogens is 2. The number of aromatic carboxylic acids is 1. The minimum Gasteiger partial charge on any atom is -0.477 e. The van der Waals surface area contributed by atoms with Gasteiger partial charge in [-0.3, -0.25) is 4.57 Å². The molecule has 0 radical (unpaired) electrons. The highest BCUT2D eigenvalue weighted by molar-refractivity contribution is 6.07. The molecule has 0 saturated carbocycles. The third-order valence-electron chi connectivity index (χ3n) is 3.85. The van der Waals surface area contributed by atoms with E-state index in [1.165, 1.54) is 11.7 Å². The van der Waals surface area contributed by atoms with Crippen LogP contribution in [0.15, 0.2) is 18.3 Å². The average molecular weight is 286 g/mol. The van der Waals surface area contributed by atoms with Gasteiger partial charge < -0.3 is 14.8 Å². The predicted molar refractivity (Wildman–Crippen MR) is 78.0 cm³/mol. The van der Waals surface area contributed by atoms with Gasteiger partial charge in [0.1, 0.15) is 5.69 Å². The summed E-state index contributed by atoms with van der Waals surface area (Å²) in [5.74, 6) is -0.997. The molecule has 0 atom stereocenters. The van der Waals surface area contributed by atoms with Crippen molar-refractivity contribution in [3.63, 3.8) is 0 Å². The zero-order valence-corrected chi connectivity index (χ0v) is 11.9. The number of carbonyl (C=O) groups is 2. The van der Waals surface area contributed by atoms with E-state index in [-0.39, 0.29) is 5.69 Å². The van der Waals surface area contributed by atoms with Gasteiger partial charge in [-0.2, -0.15) is 0 Å². The van der Waals surface area contributed by atoms with Crippen LogP contribution in [-0.2, 0) is 4.74 Å². The van der Waals surface area contributed by atoms with Gasteiger partial charge in [-0.15, -0.1) is 0 Å². The monoisotopic (exact) mass is 286 g/mol. The van der Waals surface area contributed by atoms with Gasteiger partial charge in [0.25, 0.3) is 0 Å². The first-order valence-electron chi connectivity index (χ1n) is 6.40. The molecule has 0 aliphatic rings. The number of carbonyl (C=O) groups excluding carboxylic acids is 1. The van der Waals surface area contributed by atoms with Crippen molar-refractivity contribution >= 4 is 33.9 Å². The van der Waals surface area contributed by atoms with Gasteiger partial charge in [-0.05, 0) is 37.1 Å². The summed E-state index contributed by atoms with van der Waals surface area (Å²) in [6, 6.07) is 3.60. The summed E-state index contributed by atoms with van der Waals surface area (Å²) in [5.41, 5.74) is 3.18. The van der Waals surface area contributed by atoms with Crippen molar-refractivity contribution in [1.29, 1.82) is 0 Å². The number of nitrogens with one attached hydrogen (secondary N) is 1. The summed E-state index contributed by atoms with van der Waals surface area (Å²) < 4.78 is 6.14. The van der Waals surface area contributed by atoms with E-state index < -0.39 is 12.1 Å². The minimum absolute atomic E-state index is 0.172. The number of aromatic amines is 1. The summed E-state index contributed by atoms with van der Waals surface area (Å²) in [4.78, 5) is 25.9. The van der Waals surface area contributed by atoms with E-state index >= 15 is 0 Å². The van der Waals surface area contributed by atoms with Crippen molar-refractivity contribution in [3.8, 4) is 0 Å². The molecule has 0 aliphatic heterocycles. The molecule has 0 amide bonds. The zero-order chi connectivity index (χ0) is 15.3. The lowest BCUT2D eigenvalue weighted by molar-refractivity contribution is 0.0690. The highest BCUT2D eigenvalue weighted by atomic mass is 16.5. The lowest BCUT2D eigenvalue weighted by Crippen LogP contribution is -2.09. The molecule has 0 fully saturated rings. The fraction of sp³-hybridized carbons (Fsp3) is 0.200. The molecule has 108 valence electrons. The normalized spacial score (nSPS) is 11.2. The van der Waals surface area contributed by atoms with Crippen LogP contribution in [0.1, 0.15) is 21.6 Å². The third-order valence-corrected chi connectivity index (χ3v) is 3.85. The standard InChI is InChI=1S/C15H14N2O4/c1-7-9-4-5-17(15(20)21-3)11(9)6-10-12(7)8(2)13(16-10)14(18)19/h4-6,16H,1-3H3,(H,18,19). The number of aryl methyl sites for hydroxylation is 2. The molecular formula is C15H14N2O4. The average Bonchev–Trinajstić information content (AvgIpc) is 3.00. The number of carboxylic acids is 1. The molecule has 3 rings (SSSR count). The molecule has 0 saturated heterocycles. The Hall–Kier alpha value is -2.76. The quantitative estimate of drug-likeness (QED) is 0.720. The van der Waals surface area contributed by atoms with Gasteiger partial charge in [-0.25, -0.2) is 9.59 Å². The van der Waals surface area contributed by atoms with E-state index in [0.29, 0.717) is 16.6 Å². The Labute approximate surface area is 119 Å². The Morgan fingerprint density at radius 2 is 2.00 bits per heavy atom. The van der Waals surface area contributed by atoms with Gasteiger partial charge in [0.2, 0.25) is 0 Å². The number of methoxy groups -OCH3 is 1. The Bertz CT molecular complexity index is 902. The summed E-state index contributed by atoms with van der Waals surface area (Å²) in [6.45, 7) is 3.69. The lowest BCUT2D eigenvalue weighted by Gasteiger charge is -2.05. The van der Waals surface area contributed by atoms with E-state index in [1.54, 1.807) is 19.2 Å². The molecule has 6 heteroatoms. The highest BCUT2D eigenvalue weighted by Crippen LogP contribution is 2.32. The Balaban J connectivity index is 2.42. The van der Waals surface area contributed by atoms with Gasteiger partial charge in [0.05, 0.1) is 12.6 Å². The smallest absolute Gasteiger partial charge is 0.418 e. The highest BCUT2D eigenvalue weighted by Gasteiger charge is 2.19. The first kappa shape index (κ1) is 13.2. The molecular weight excluding hydrogens is 272 g/mol. The van der Waals surface area contributed by atoms with Gasteiger partial charge >= 0.3 is 12.1 Å². The molecule has 0 aliphatic carbocycles. The number of nitrogens with zero attached hydrogens (tertiary/aromatic N) is 1. The number of rotatable bonds is 1. The maximum absolute atomic E-state index is 11.8. The van der Waals surface area contributed by atoms with Gasteiger partial charge in [0, 0.05) is 22.5 Å². The van der Waals surface area contributed by atoms with Crippen molar-refractivity contribution < 1.29 is 19.4 Å². The van der Waals surface area contributed by atoms with Crippen LogP contribution in [0.4, 0.5) is 4.79 Å². The van der Waals surface area contributed by atoms with E-state index in [2.05, 4.69) is 4.98 Å². The van der Waals surface area contributed by atoms with Crippen molar-refractivity contribution in [1.82, 2.24) is 9.55 Å². The summed E-state index contributed by atoms with van der Waals surface area (Å²) in [7, 11) is 1.32. The van der Waals surface area contributed by atoms with Crippen LogP contribution in [0.5, 0.6) is 0 Å². The molecule has 0 bridgehead atoms. The summed E-state index contributed by atoms with van der Waals surface area (Å²) in [5, 5.41) is 11.0. The second-order valence-corrected chi connectivity index (χ2v) is 4.94. The Morgan fingerprint density at radius 3 is 2.62 bits per heavy atom. The Kier molecular flexibility index (Phi) is 2.76. The molecule has 0 spiro atoms. The number of fused-ring (bicyclic) bond motifs is 2. The number of benzene rings is 1. The van der Waals surface area contributed by atoms with Crippen LogP contribution in [0.2, 0.25) is 0 Å². The molecule has 6 nitrogen and oxygen atoms in total. The second kappa shape index (κ2) is 4.37. The van der Waals surface area contributed by atoms with E-state index in [4.69, 9.17) is 4.74 Å². The predicted octanol–water partition coefficient (Wildman–Crippen LogP) is 3.05. The number of hydrogen-bond acceptors (Lipinski definition) is 3. The molecule has 0 unspecified atom stereocenters. The largest absolute Gasteiger partial charge is 0.477 e. The van der Waals surface area contributed by atoms with E-state index in [9.17, 15) is 14.7 Å². The number of ether oxygens (including phenoxy) is 1. The van der Waals surface area contributed by atoms with Crippen molar-refractivity contribution in [3.05, 3.63) is 35.2 Å². The fourth-order valence-electron chi connectivity index (χ4n) is 2.86. The van der Waals surface area contributed by atoms with Crippen molar-refractivity contribution in [2.24, 2.45) is 0 Å². The second-order valence-electron chi connectivity index (χ2n) is 4.94. The minimum atomic E-state index is -0.997. The molecule has 2 N–H and O–H groups in total. The maximum atomic E-state index is 11.8. The lowest BCUT2D eigenvalue weighted by atomic mass is 10.0. The third kappa shape index (κ3) is 1.72. The summed E-state index contributed by atoms with van der Waals surface area (Å²) >= 11 is 0.